The third-order valence-electron chi connectivity index (χ3n) is 2.31. The summed E-state index contributed by atoms with van der Waals surface area (Å²) in [7, 11) is 0. The van der Waals surface area contributed by atoms with Crippen LogP contribution in [0.1, 0.15) is 24.3 Å². The van der Waals surface area contributed by atoms with Crippen molar-refractivity contribution in [3.05, 3.63) is 35.4 Å². The molecule has 1 amide bonds. The van der Waals surface area contributed by atoms with E-state index >= 15 is 0 Å². The molecule has 0 aromatic heterocycles. The number of rotatable bonds is 2. The van der Waals surface area contributed by atoms with E-state index in [2.05, 4.69) is 5.32 Å². The lowest BCUT2D eigenvalue weighted by Gasteiger charge is -2.25. The van der Waals surface area contributed by atoms with Gasteiger partial charge in [-0.3, -0.25) is 4.79 Å². The van der Waals surface area contributed by atoms with E-state index < -0.39 is 0 Å². The van der Waals surface area contributed by atoms with Gasteiger partial charge in [0.1, 0.15) is 0 Å². The Morgan fingerprint density at radius 3 is 3.07 bits per heavy atom. The second kappa shape index (κ2) is 3.80. The minimum atomic E-state index is -0.266. The largest absolute Gasteiger partial charge is 0.354 e. The molecule has 0 spiro atoms. The molecule has 1 aliphatic heterocycles. The highest BCUT2D eigenvalue weighted by atomic mass is 16.5. The van der Waals surface area contributed by atoms with Crippen LogP contribution in [-0.2, 0) is 16.0 Å². The Morgan fingerprint density at radius 2 is 2.29 bits per heavy atom. The highest BCUT2D eigenvalue weighted by molar-refractivity contribution is 5.81. The zero-order valence-electron chi connectivity index (χ0n) is 8.12. The van der Waals surface area contributed by atoms with Crippen molar-refractivity contribution in [2.75, 3.05) is 6.61 Å². The summed E-state index contributed by atoms with van der Waals surface area (Å²) in [4.78, 5) is 11.3. The molecule has 0 fully saturated rings. The van der Waals surface area contributed by atoms with Crippen molar-refractivity contribution in [1.29, 1.82) is 0 Å². The number of ether oxygens (including phenoxy) is 1. The van der Waals surface area contributed by atoms with Crippen molar-refractivity contribution in [1.82, 2.24) is 5.32 Å². The summed E-state index contributed by atoms with van der Waals surface area (Å²) < 4.78 is 5.45. The third-order valence-corrected chi connectivity index (χ3v) is 2.31. The van der Waals surface area contributed by atoms with Crippen LogP contribution in [0.5, 0.6) is 0 Å². The van der Waals surface area contributed by atoms with Crippen molar-refractivity contribution in [3.63, 3.8) is 0 Å². The molecule has 14 heavy (non-hydrogen) atoms. The quantitative estimate of drug-likeness (QED) is 0.767. The van der Waals surface area contributed by atoms with Gasteiger partial charge >= 0.3 is 0 Å². The standard InChI is InChI=1S/C11H13NO2/c1-2-14-11-9-6-4-3-5-8(9)7-10(13)12-11/h3-6,11H,2,7H2,1H3,(H,12,13). The monoisotopic (exact) mass is 191 g/mol. The minimum absolute atomic E-state index is 0.0298. The molecule has 74 valence electrons. The lowest BCUT2D eigenvalue weighted by molar-refractivity contribution is -0.126. The Bertz CT molecular complexity index is 349. The molecule has 1 N–H and O–H groups in total. The normalized spacial score (nSPS) is 20.1. The number of benzene rings is 1. The van der Waals surface area contributed by atoms with Gasteiger partial charge in [0.05, 0.1) is 6.42 Å². The van der Waals surface area contributed by atoms with E-state index in [0.29, 0.717) is 13.0 Å². The second-order valence-electron chi connectivity index (χ2n) is 3.28. The van der Waals surface area contributed by atoms with Crippen molar-refractivity contribution >= 4 is 5.91 Å². The molecule has 0 radical (unpaired) electrons. The first-order valence-corrected chi connectivity index (χ1v) is 4.80. The highest BCUT2D eigenvalue weighted by Gasteiger charge is 2.23. The Hall–Kier alpha value is -1.35. The van der Waals surface area contributed by atoms with Crippen LogP contribution in [0, 0.1) is 0 Å². The van der Waals surface area contributed by atoms with Crippen LogP contribution < -0.4 is 5.32 Å². The Kier molecular flexibility index (Phi) is 2.50. The van der Waals surface area contributed by atoms with Crippen LogP contribution in [0.25, 0.3) is 0 Å². The van der Waals surface area contributed by atoms with E-state index in [9.17, 15) is 4.79 Å². The fourth-order valence-electron chi connectivity index (χ4n) is 1.70. The summed E-state index contributed by atoms with van der Waals surface area (Å²) >= 11 is 0. The molecule has 3 heteroatoms. The van der Waals surface area contributed by atoms with Crippen LogP contribution in [0.2, 0.25) is 0 Å². The summed E-state index contributed by atoms with van der Waals surface area (Å²) in [5, 5.41) is 2.81. The van der Waals surface area contributed by atoms with Gasteiger partial charge in [-0.25, -0.2) is 0 Å². The third kappa shape index (κ3) is 1.63. The van der Waals surface area contributed by atoms with Crippen molar-refractivity contribution in [2.45, 2.75) is 19.6 Å². The van der Waals surface area contributed by atoms with E-state index in [1.54, 1.807) is 0 Å². The summed E-state index contributed by atoms with van der Waals surface area (Å²) in [6.07, 6.45) is 0.192. The zero-order chi connectivity index (χ0) is 9.97. The number of fused-ring (bicyclic) bond motifs is 1. The molecule has 1 aromatic carbocycles. The minimum Gasteiger partial charge on any atom is -0.354 e. The lowest BCUT2D eigenvalue weighted by atomic mass is 9.99. The SMILES string of the molecule is CCOC1NC(=O)Cc2ccccc21. The van der Waals surface area contributed by atoms with E-state index in [0.717, 1.165) is 11.1 Å². The van der Waals surface area contributed by atoms with Gasteiger partial charge in [0, 0.05) is 12.2 Å². The van der Waals surface area contributed by atoms with Crippen LogP contribution in [0.3, 0.4) is 0 Å². The molecule has 1 atom stereocenters. The number of carbonyl (C=O) groups is 1. The zero-order valence-corrected chi connectivity index (χ0v) is 8.12. The maximum atomic E-state index is 11.3. The number of hydrogen-bond acceptors (Lipinski definition) is 2. The van der Waals surface area contributed by atoms with Crippen LogP contribution in [0.15, 0.2) is 24.3 Å². The van der Waals surface area contributed by atoms with Gasteiger partial charge in [-0.15, -0.1) is 0 Å². The van der Waals surface area contributed by atoms with Gasteiger partial charge in [-0.1, -0.05) is 24.3 Å². The van der Waals surface area contributed by atoms with Gasteiger partial charge in [0.25, 0.3) is 0 Å². The van der Waals surface area contributed by atoms with E-state index in [1.165, 1.54) is 0 Å². The molecule has 0 saturated heterocycles. The molecule has 1 unspecified atom stereocenters. The van der Waals surface area contributed by atoms with Gasteiger partial charge in [0.2, 0.25) is 5.91 Å². The maximum absolute atomic E-state index is 11.3. The first-order chi connectivity index (χ1) is 6.81. The molecular formula is C11H13NO2. The predicted molar refractivity (Wildman–Crippen MR) is 52.7 cm³/mol. The molecule has 0 bridgehead atoms. The Morgan fingerprint density at radius 1 is 1.50 bits per heavy atom. The Balaban J connectivity index is 2.33. The van der Waals surface area contributed by atoms with E-state index in [4.69, 9.17) is 4.74 Å². The fraction of sp³-hybridized carbons (Fsp3) is 0.364. The molecule has 2 rings (SSSR count). The topological polar surface area (TPSA) is 38.3 Å². The summed E-state index contributed by atoms with van der Waals surface area (Å²) in [5.41, 5.74) is 2.14. The number of carbonyl (C=O) groups excluding carboxylic acids is 1. The van der Waals surface area contributed by atoms with Gasteiger partial charge in [0.15, 0.2) is 6.23 Å². The highest BCUT2D eigenvalue weighted by Crippen LogP contribution is 2.23. The molecule has 1 aromatic rings. The summed E-state index contributed by atoms with van der Waals surface area (Å²) in [5.74, 6) is 0.0298. The number of nitrogens with one attached hydrogen (secondary N) is 1. The van der Waals surface area contributed by atoms with E-state index in [1.807, 2.05) is 31.2 Å². The number of hydrogen-bond donors (Lipinski definition) is 1. The van der Waals surface area contributed by atoms with Crippen molar-refractivity contribution < 1.29 is 9.53 Å². The first-order valence-electron chi connectivity index (χ1n) is 4.80. The van der Waals surface area contributed by atoms with Gasteiger partial charge in [-0.2, -0.15) is 0 Å². The lowest BCUT2D eigenvalue weighted by Crippen LogP contribution is -2.36. The summed E-state index contributed by atoms with van der Waals surface area (Å²) in [6, 6.07) is 7.87. The smallest absolute Gasteiger partial charge is 0.226 e. The van der Waals surface area contributed by atoms with Crippen LogP contribution >= 0.6 is 0 Å². The number of amides is 1. The molecular weight excluding hydrogens is 178 g/mol. The molecule has 0 aliphatic carbocycles. The average Bonchev–Trinajstić information content (AvgIpc) is 2.18. The summed E-state index contributed by atoms with van der Waals surface area (Å²) in [6.45, 7) is 2.52. The first kappa shape index (κ1) is 9.21. The molecule has 1 heterocycles. The predicted octanol–water partition coefficient (Wildman–Crippen LogP) is 1.39. The molecule has 1 aliphatic rings. The molecule has 0 saturated carbocycles. The van der Waals surface area contributed by atoms with Crippen molar-refractivity contribution in [2.24, 2.45) is 0 Å². The molecule has 3 nitrogen and oxygen atoms in total. The maximum Gasteiger partial charge on any atom is 0.226 e. The van der Waals surface area contributed by atoms with Gasteiger partial charge in [-0.05, 0) is 12.5 Å². The van der Waals surface area contributed by atoms with Gasteiger partial charge < -0.3 is 10.1 Å². The van der Waals surface area contributed by atoms with E-state index in [-0.39, 0.29) is 12.1 Å². The van der Waals surface area contributed by atoms with Crippen LogP contribution in [0.4, 0.5) is 0 Å². The average molecular weight is 191 g/mol. The second-order valence-corrected chi connectivity index (χ2v) is 3.28. The van der Waals surface area contributed by atoms with Crippen molar-refractivity contribution in [3.8, 4) is 0 Å². The Labute approximate surface area is 83.1 Å². The fourth-order valence-corrected chi connectivity index (χ4v) is 1.70. The van der Waals surface area contributed by atoms with Crippen LogP contribution in [-0.4, -0.2) is 12.5 Å².